The Morgan fingerprint density at radius 2 is 2.07 bits per heavy atom. The summed E-state index contributed by atoms with van der Waals surface area (Å²) in [5, 5.41) is 13.7. The lowest BCUT2D eigenvalue weighted by atomic mass is 10.1. The lowest BCUT2D eigenvalue weighted by Gasteiger charge is -2.37. The molecule has 3 aliphatic heterocycles. The predicted octanol–water partition coefficient (Wildman–Crippen LogP) is 2.50. The zero-order valence-corrected chi connectivity index (χ0v) is 15.9. The van der Waals surface area contributed by atoms with E-state index in [9.17, 15) is 18.7 Å². The minimum atomic E-state index is -3.03. The number of nitrogens with zero attached hydrogens (tertiary/aromatic N) is 2. The van der Waals surface area contributed by atoms with Crippen molar-refractivity contribution in [1.29, 1.82) is 0 Å². The van der Waals surface area contributed by atoms with Crippen LogP contribution in [0.25, 0.3) is 5.31 Å². The van der Waals surface area contributed by atoms with E-state index in [1.165, 1.54) is 18.2 Å². The van der Waals surface area contributed by atoms with E-state index in [0.717, 1.165) is 37.2 Å². The monoisotopic (exact) mass is 407 g/mol. The maximum atomic E-state index is 12.7. The third-order valence-electron chi connectivity index (χ3n) is 4.82. The van der Waals surface area contributed by atoms with Gasteiger partial charge in [0.25, 0.3) is 5.91 Å². The quantitative estimate of drug-likeness (QED) is 0.751. The summed E-state index contributed by atoms with van der Waals surface area (Å²) < 4.78 is 29.4. The van der Waals surface area contributed by atoms with Crippen LogP contribution in [0, 0.1) is 0 Å². The van der Waals surface area contributed by atoms with Crippen LogP contribution in [0.15, 0.2) is 48.3 Å². The average molecular weight is 407 g/mol. The van der Waals surface area contributed by atoms with Crippen LogP contribution >= 0.6 is 8.58 Å². The number of phenolic OH excluding ortho intramolecular Hbond substituents is 1. The van der Waals surface area contributed by atoms with Crippen LogP contribution in [0.3, 0.4) is 0 Å². The number of alkyl halides is 2. The van der Waals surface area contributed by atoms with Gasteiger partial charge in [-0.1, -0.05) is 20.7 Å². The fourth-order valence-electron chi connectivity index (χ4n) is 3.41. The van der Waals surface area contributed by atoms with E-state index in [2.05, 4.69) is 15.0 Å². The van der Waals surface area contributed by atoms with Gasteiger partial charge in [0.1, 0.15) is 0 Å². The van der Waals surface area contributed by atoms with Crippen molar-refractivity contribution in [3.8, 4) is 11.5 Å². The molecule has 6 nitrogen and oxygen atoms in total. The number of hydrogen-bond donors (Lipinski definition) is 2. The van der Waals surface area contributed by atoms with Gasteiger partial charge in [-0.05, 0) is 29.1 Å². The van der Waals surface area contributed by atoms with Gasteiger partial charge in [0.05, 0.1) is 11.5 Å². The second kappa shape index (κ2) is 7.89. The van der Waals surface area contributed by atoms with E-state index in [-0.39, 0.29) is 31.8 Å². The summed E-state index contributed by atoms with van der Waals surface area (Å²) in [6.45, 7) is 0.589. The Bertz CT molecular complexity index is 866. The topological polar surface area (TPSA) is 65.0 Å². The van der Waals surface area contributed by atoms with Gasteiger partial charge in [-0.3, -0.25) is 4.79 Å². The zero-order valence-electron chi connectivity index (χ0n) is 14.9. The van der Waals surface area contributed by atoms with Gasteiger partial charge in [0, 0.05) is 38.5 Å². The summed E-state index contributed by atoms with van der Waals surface area (Å²) >= 11 is 0. The SMILES string of the molecule is O=C1C=C(c2ccc(O)c(OC(F)F)c2)PC2C=CC(N3CCNCC3)=CN12. The highest BCUT2D eigenvalue weighted by molar-refractivity contribution is 7.51. The number of rotatable bonds is 4. The second-order valence-corrected chi connectivity index (χ2v) is 8.02. The van der Waals surface area contributed by atoms with Crippen molar-refractivity contribution in [3.63, 3.8) is 0 Å². The lowest BCUT2D eigenvalue weighted by molar-refractivity contribution is -0.123. The molecule has 0 bridgehead atoms. The predicted molar refractivity (Wildman–Crippen MR) is 103 cm³/mol. The Labute approximate surface area is 162 Å². The van der Waals surface area contributed by atoms with Gasteiger partial charge in [0.2, 0.25) is 0 Å². The van der Waals surface area contributed by atoms with E-state index in [4.69, 9.17) is 0 Å². The number of amides is 1. The molecule has 1 aromatic rings. The molecule has 2 atom stereocenters. The Hall–Kier alpha value is -2.44. The summed E-state index contributed by atoms with van der Waals surface area (Å²) in [7, 11) is 0.253. The van der Waals surface area contributed by atoms with Crippen LogP contribution in [-0.4, -0.2) is 59.4 Å². The van der Waals surface area contributed by atoms with E-state index < -0.39 is 6.61 Å². The molecule has 1 aromatic carbocycles. The highest BCUT2D eigenvalue weighted by atomic mass is 31.1. The minimum absolute atomic E-state index is 0.104. The number of carbonyl (C=O) groups excluding carboxylic acids is 1. The molecule has 0 spiro atoms. The van der Waals surface area contributed by atoms with Crippen LogP contribution in [-0.2, 0) is 4.79 Å². The van der Waals surface area contributed by atoms with Crippen LogP contribution in [0.5, 0.6) is 11.5 Å². The highest BCUT2D eigenvalue weighted by Crippen LogP contribution is 2.46. The molecule has 4 rings (SSSR count). The maximum Gasteiger partial charge on any atom is 0.387 e. The van der Waals surface area contributed by atoms with Crippen LogP contribution in [0.1, 0.15) is 5.56 Å². The molecule has 2 unspecified atom stereocenters. The smallest absolute Gasteiger partial charge is 0.387 e. The number of piperazine rings is 1. The third kappa shape index (κ3) is 3.88. The summed E-state index contributed by atoms with van der Waals surface area (Å²) in [5.41, 5.74) is 1.61. The highest BCUT2D eigenvalue weighted by Gasteiger charge is 2.30. The zero-order chi connectivity index (χ0) is 19.7. The van der Waals surface area contributed by atoms with E-state index in [1.54, 1.807) is 11.0 Å². The van der Waals surface area contributed by atoms with Crippen molar-refractivity contribution in [2.75, 3.05) is 26.2 Å². The van der Waals surface area contributed by atoms with Crippen molar-refractivity contribution in [3.05, 3.63) is 53.9 Å². The maximum absolute atomic E-state index is 12.7. The summed E-state index contributed by atoms with van der Waals surface area (Å²) in [5.74, 6) is -0.918. The van der Waals surface area contributed by atoms with Gasteiger partial charge >= 0.3 is 6.61 Å². The normalized spacial score (nSPS) is 23.0. The van der Waals surface area contributed by atoms with E-state index in [1.807, 2.05) is 18.4 Å². The number of hydrogen-bond acceptors (Lipinski definition) is 5. The van der Waals surface area contributed by atoms with Crippen molar-refractivity contribution >= 4 is 19.8 Å². The number of ether oxygens (including phenoxy) is 1. The van der Waals surface area contributed by atoms with Crippen LogP contribution in [0.2, 0.25) is 0 Å². The number of aromatic hydroxyl groups is 1. The molecular weight excluding hydrogens is 387 g/mol. The van der Waals surface area contributed by atoms with Crippen molar-refractivity contribution in [1.82, 2.24) is 15.1 Å². The molecular formula is C19H20F2N3O3P. The number of halogens is 2. The fourth-order valence-corrected chi connectivity index (χ4v) is 4.80. The van der Waals surface area contributed by atoms with Gasteiger partial charge in [0.15, 0.2) is 11.5 Å². The Kier molecular flexibility index (Phi) is 5.33. The summed E-state index contributed by atoms with van der Waals surface area (Å²) in [6.07, 6.45) is 7.47. The molecule has 0 saturated carbocycles. The number of allylic oxidation sites excluding steroid dienone is 1. The first-order valence-corrected chi connectivity index (χ1v) is 10.0. The second-order valence-electron chi connectivity index (χ2n) is 6.60. The number of fused-ring (bicyclic) bond motifs is 1. The molecule has 1 saturated heterocycles. The van der Waals surface area contributed by atoms with Gasteiger partial charge < -0.3 is 25.0 Å². The number of nitrogens with one attached hydrogen (secondary N) is 1. The fraction of sp³-hybridized carbons (Fsp3) is 0.316. The molecule has 0 radical (unpaired) electrons. The third-order valence-corrected chi connectivity index (χ3v) is 6.33. The van der Waals surface area contributed by atoms with Gasteiger partial charge in [-0.2, -0.15) is 8.78 Å². The van der Waals surface area contributed by atoms with Crippen molar-refractivity contribution < 1.29 is 23.4 Å². The van der Waals surface area contributed by atoms with E-state index >= 15 is 0 Å². The molecule has 148 valence electrons. The van der Waals surface area contributed by atoms with Crippen molar-refractivity contribution in [2.45, 2.75) is 12.4 Å². The number of benzene rings is 1. The molecule has 2 N–H and O–H groups in total. The summed E-state index contributed by atoms with van der Waals surface area (Å²) in [6, 6.07) is 4.25. The molecule has 0 aromatic heterocycles. The molecule has 28 heavy (non-hydrogen) atoms. The number of carbonyl (C=O) groups is 1. The number of phenols is 1. The van der Waals surface area contributed by atoms with Crippen molar-refractivity contribution in [2.24, 2.45) is 0 Å². The standard InChI is InChI=1S/C19H20F2N3O3P/c20-19(21)27-15-9-12(1-3-14(15)25)16-10-17(26)24-11-13(2-4-18(24)28-16)23-7-5-22-6-8-23/h1-4,9-11,18-19,22,25,28H,5-8H2. The van der Waals surface area contributed by atoms with Gasteiger partial charge in [-0.15, -0.1) is 0 Å². The molecule has 0 aliphatic carbocycles. The average Bonchev–Trinajstić information content (AvgIpc) is 2.69. The first kappa shape index (κ1) is 18.9. The molecule has 9 heteroatoms. The molecule has 1 amide bonds. The lowest BCUT2D eigenvalue weighted by Crippen LogP contribution is -2.44. The first-order valence-electron chi connectivity index (χ1n) is 8.96. The van der Waals surface area contributed by atoms with Gasteiger partial charge in [-0.25, -0.2) is 0 Å². The Morgan fingerprint density at radius 3 is 2.82 bits per heavy atom. The Balaban J connectivity index is 1.56. The molecule has 3 aliphatic rings. The Morgan fingerprint density at radius 1 is 1.29 bits per heavy atom. The summed E-state index contributed by atoms with van der Waals surface area (Å²) in [4.78, 5) is 16.7. The molecule has 3 heterocycles. The first-order chi connectivity index (χ1) is 13.5. The molecule has 1 fully saturated rings. The minimum Gasteiger partial charge on any atom is -0.504 e. The van der Waals surface area contributed by atoms with E-state index in [0.29, 0.717) is 5.56 Å². The van der Waals surface area contributed by atoms with Crippen LogP contribution < -0.4 is 10.1 Å². The van der Waals surface area contributed by atoms with Crippen LogP contribution in [0.4, 0.5) is 8.78 Å². The largest absolute Gasteiger partial charge is 0.504 e.